The summed E-state index contributed by atoms with van der Waals surface area (Å²) in [5.74, 6) is 0.318. The molecule has 0 bridgehead atoms. The molecule has 0 radical (unpaired) electrons. The van der Waals surface area contributed by atoms with Gasteiger partial charge < -0.3 is 14.9 Å². The Hall–Kier alpha value is -2.83. The van der Waals surface area contributed by atoms with Gasteiger partial charge in [-0.3, -0.25) is 0 Å². The van der Waals surface area contributed by atoms with E-state index in [-0.39, 0.29) is 0 Å². The molecule has 114 valence electrons. The topological polar surface area (TPSA) is 96.2 Å². The zero-order valence-corrected chi connectivity index (χ0v) is 12.5. The third-order valence-electron chi connectivity index (χ3n) is 2.91. The monoisotopic (exact) mass is 300 g/mol. The van der Waals surface area contributed by atoms with Crippen molar-refractivity contribution in [2.75, 3.05) is 5.73 Å². The van der Waals surface area contributed by atoms with E-state index in [9.17, 15) is 4.79 Å². The number of ether oxygens (including phenoxy) is 1. The van der Waals surface area contributed by atoms with Crippen molar-refractivity contribution < 1.29 is 13.9 Å². The smallest absolute Gasteiger partial charge is 0.435 e. The summed E-state index contributed by atoms with van der Waals surface area (Å²) >= 11 is 0. The Labute approximate surface area is 126 Å². The first kappa shape index (κ1) is 14.1. The second-order valence-corrected chi connectivity index (χ2v) is 5.85. The van der Waals surface area contributed by atoms with Crippen LogP contribution in [0.25, 0.3) is 22.5 Å². The fourth-order valence-electron chi connectivity index (χ4n) is 2.08. The number of nitrogen functional groups attached to an aromatic ring is 1. The molecule has 22 heavy (non-hydrogen) atoms. The van der Waals surface area contributed by atoms with Crippen LogP contribution in [0, 0.1) is 0 Å². The van der Waals surface area contributed by atoms with E-state index in [1.54, 1.807) is 39.0 Å². The van der Waals surface area contributed by atoms with Gasteiger partial charge in [0.2, 0.25) is 5.89 Å². The van der Waals surface area contributed by atoms with E-state index < -0.39 is 11.7 Å². The van der Waals surface area contributed by atoms with Gasteiger partial charge in [-0.05, 0) is 39.0 Å². The quantitative estimate of drug-likeness (QED) is 0.694. The fraction of sp³-hybridized carbons (Fsp3) is 0.267. The Morgan fingerprint density at radius 2 is 2.14 bits per heavy atom. The van der Waals surface area contributed by atoms with E-state index >= 15 is 0 Å². The lowest BCUT2D eigenvalue weighted by molar-refractivity contribution is 0.0523. The molecule has 2 N–H and O–H groups in total. The van der Waals surface area contributed by atoms with Crippen LogP contribution in [-0.2, 0) is 4.74 Å². The van der Waals surface area contributed by atoms with Gasteiger partial charge in [0.05, 0.1) is 11.7 Å². The second-order valence-electron chi connectivity index (χ2n) is 5.85. The first-order valence-electron chi connectivity index (χ1n) is 6.76. The number of rotatable bonds is 1. The van der Waals surface area contributed by atoms with Gasteiger partial charge in [0.25, 0.3) is 0 Å². The molecule has 7 nitrogen and oxygen atoms in total. The zero-order chi connectivity index (χ0) is 15.9. The second kappa shape index (κ2) is 4.87. The molecule has 0 fully saturated rings. The molecule has 3 rings (SSSR count). The fourth-order valence-corrected chi connectivity index (χ4v) is 2.08. The van der Waals surface area contributed by atoms with Crippen molar-refractivity contribution in [1.29, 1.82) is 0 Å². The number of nitrogens with zero attached hydrogens (tertiary/aromatic N) is 3. The molecule has 0 saturated heterocycles. The standard InChI is InChI=1S/C15H16N4O3/c1-15(2,3)22-14(20)19-11-5-4-9(16)8-10(11)12(18-19)13-17-6-7-21-13/h4-8H,16H2,1-3H3. The van der Waals surface area contributed by atoms with Crippen LogP contribution in [0.15, 0.2) is 35.1 Å². The normalized spacial score (nSPS) is 11.8. The first-order valence-corrected chi connectivity index (χ1v) is 6.76. The maximum atomic E-state index is 12.3. The van der Waals surface area contributed by atoms with Crippen LogP contribution in [0.3, 0.4) is 0 Å². The number of nitrogens with two attached hydrogens (primary N) is 1. The van der Waals surface area contributed by atoms with Crippen molar-refractivity contribution in [2.45, 2.75) is 26.4 Å². The van der Waals surface area contributed by atoms with E-state index in [2.05, 4.69) is 10.1 Å². The Kier molecular flexibility index (Phi) is 3.13. The number of benzene rings is 1. The Balaban J connectivity index is 2.18. The molecule has 7 heteroatoms. The number of carbonyl (C=O) groups is 1. The minimum Gasteiger partial charge on any atom is -0.443 e. The highest BCUT2D eigenvalue weighted by Gasteiger charge is 2.23. The number of carbonyl (C=O) groups excluding carboxylic acids is 1. The Bertz CT molecular complexity index is 828. The predicted octanol–water partition coefficient (Wildman–Crippen LogP) is 3.06. The van der Waals surface area contributed by atoms with Gasteiger partial charge in [0.1, 0.15) is 11.9 Å². The molecule has 0 aliphatic heterocycles. The van der Waals surface area contributed by atoms with Crippen LogP contribution in [0.2, 0.25) is 0 Å². The van der Waals surface area contributed by atoms with Crippen molar-refractivity contribution in [3.05, 3.63) is 30.7 Å². The van der Waals surface area contributed by atoms with E-state index in [1.165, 1.54) is 17.1 Å². The van der Waals surface area contributed by atoms with Crippen molar-refractivity contribution in [3.63, 3.8) is 0 Å². The summed E-state index contributed by atoms with van der Waals surface area (Å²) in [6.07, 6.45) is 2.39. The summed E-state index contributed by atoms with van der Waals surface area (Å²) in [4.78, 5) is 16.4. The average Bonchev–Trinajstić information content (AvgIpc) is 3.02. The highest BCUT2D eigenvalue weighted by atomic mass is 16.6. The van der Waals surface area contributed by atoms with Gasteiger partial charge in [0.15, 0.2) is 5.69 Å². The summed E-state index contributed by atoms with van der Waals surface area (Å²) in [6, 6.07) is 5.14. The minimum atomic E-state index is -0.619. The lowest BCUT2D eigenvalue weighted by Gasteiger charge is -2.19. The van der Waals surface area contributed by atoms with Crippen LogP contribution < -0.4 is 5.73 Å². The summed E-state index contributed by atoms with van der Waals surface area (Å²) in [6.45, 7) is 5.39. The summed E-state index contributed by atoms with van der Waals surface area (Å²) in [5.41, 5.74) is 6.79. The Morgan fingerprint density at radius 3 is 2.77 bits per heavy atom. The molecular formula is C15H16N4O3. The molecule has 0 aliphatic rings. The van der Waals surface area contributed by atoms with Crippen LogP contribution in [0.4, 0.5) is 10.5 Å². The number of anilines is 1. The molecule has 2 aromatic heterocycles. The van der Waals surface area contributed by atoms with Gasteiger partial charge in [0, 0.05) is 11.1 Å². The number of aromatic nitrogens is 3. The van der Waals surface area contributed by atoms with Crippen molar-refractivity contribution in [3.8, 4) is 11.6 Å². The van der Waals surface area contributed by atoms with Crippen molar-refractivity contribution in [2.24, 2.45) is 0 Å². The van der Waals surface area contributed by atoms with Crippen molar-refractivity contribution in [1.82, 2.24) is 14.8 Å². The summed E-state index contributed by atoms with van der Waals surface area (Å²) in [7, 11) is 0. The molecule has 0 amide bonds. The molecule has 0 saturated carbocycles. The lowest BCUT2D eigenvalue weighted by Crippen LogP contribution is -2.27. The number of fused-ring (bicyclic) bond motifs is 1. The highest BCUT2D eigenvalue weighted by Crippen LogP contribution is 2.29. The van der Waals surface area contributed by atoms with Gasteiger partial charge in [-0.15, -0.1) is 0 Å². The summed E-state index contributed by atoms with van der Waals surface area (Å²) < 4.78 is 11.8. The zero-order valence-electron chi connectivity index (χ0n) is 12.5. The largest absolute Gasteiger partial charge is 0.443 e. The molecule has 0 spiro atoms. The molecule has 3 aromatic rings. The summed E-state index contributed by atoms with van der Waals surface area (Å²) in [5, 5.41) is 4.96. The highest BCUT2D eigenvalue weighted by molar-refractivity contribution is 5.97. The molecule has 0 aliphatic carbocycles. The van der Waals surface area contributed by atoms with Crippen LogP contribution in [-0.4, -0.2) is 26.5 Å². The molecule has 2 heterocycles. The SMILES string of the molecule is CC(C)(C)OC(=O)n1nc(-c2ncco2)c2cc(N)ccc21. The van der Waals surface area contributed by atoms with Gasteiger partial charge in [-0.25, -0.2) is 9.78 Å². The molecular weight excluding hydrogens is 284 g/mol. The van der Waals surface area contributed by atoms with Crippen LogP contribution >= 0.6 is 0 Å². The van der Waals surface area contributed by atoms with Gasteiger partial charge in [-0.2, -0.15) is 9.78 Å². The predicted molar refractivity (Wildman–Crippen MR) is 81.3 cm³/mol. The lowest BCUT2D eigenvalue weighted by atomic mass is 10.2. The number of oxazole rings is 1. The van der Waals surface area contributed by atoms with Gasteiger partial charge >= 0.3 is 6.09 Å². The maximum Gasteiger partial charge on any atom is 0.435 e. The van der Waals surface area contributed by atoms with Crippen LogP contribution in [0.5, 0.6) is 0 Å². The Morgan fingerprint density at radius 1 is 1.36 bits per heavy atom. The van der Waals surface area contributed by atoms with Gasteiger partial charge in [-0.1, -0.05) is 0 Å². The van der Waals surface area contributed by atoms with Crippen molar-refractivity contribution >= 4 is 22.7 Å². The molecule has 0 unspecified atom stereocenters. The maximum absolute atomic E-state index is 12.3. The first-order chi connectivity index (χ1) is 10.3. The number of hydrogen-bond acceptors (Lipinski definition) is 6. The minimum absolute atomic E-state index is 0.318. The third kappa shape index (κ3) is 2.52. The van der Waals surface area contributed by atoms with E-state index in [4.69, 9.17) is 14.9 Å². The number of hydrogen-bond donors (Lipinski definition) is 1. The average molecular weight is 300 g/mol. The van der Waals surface area contributed by atoms with E-state index in [0.29, 0.717) is 28.2 Å². The third-order valence-corrected chi connectivity index (χ3v) is 2.91. The molecule has 1 aromatic carbocycles. The molecule has 0 atom stereocenters. The van der Waals surface area contributed by atoms with E-state index in [0.717, 1.165) is 0 Å². The van der Waals surface area contributed by atoms with E-state index in [1.807, 2.05) is 0 Å². The van der Waals surface area contributed by atoms with Crippen LogP contribution in [0.1, 0.15) is 20.8 Å².